The van der Waals surface area contributed by atoms with Gasteiger partial charge in [-0.1, -0.05) is 89.8 Å². The minimum Gasteiger partial charge on any atom is -0.507 e. The lowest BCUT2D eigenvalue weighted by molar-refractivity contribution is -0.132. The standard InChI is InChI=1S/C31H21F2N3O3S2/c1-17-9-10-20(15-24(17)33)27(37)25-26(19-11-13-22(32)14-12-19)36(29(39)28(25)38)30-34-35-31(41-30)40-16-21-7-4-6-18-5-2-3-8-23(18)21/h2-15,26,37H,16H2,1H3/b27-25-. The number of carbonyl (C=O) groups is 2. The van der Waals surface area contributed by atoms with E-state index in [0.717, 1.165) is 38.6 Å². The zero-order chi connectivity index (χ0) is 28.7. The molecule has 5 aromatic rings. The quantitative estimate of drug-likeness (QED) is 0.0746. The number of thioether (sulfide) groups is 1. The number of halogens is 2. The Hall–Kier alpha value is -4.41. The average molecular weight is 586 g/mol. The minimum absolute atomic E-state index is 0.0433. The number of amides is 1. The van der Waals surface area contributed by atoms with E-state index in [1.165, 1.54) is 48.2 Å². The number of rotatable bonds is 6. The summed E-state index contributed by atoms with van der Waals surface area (Å²) in [5.74, 6) is -2.88. The number of aliphatic hydroxyl groups is 1. The summed E-state index contributed by atoms with van der Waals surface area (Å²) in [5, 5.41) is 22.0. The average Bonchev–Trinajstić information content (AvgIpc) is 3.55. The molecule has 10 heteroatoms. The highest BCUT2D eigenvalue weighted by Crippen LogP contribution is 2.44. The van der Waals surface area contributed by atoms with Gasteiger partial charge in [-0.25, -0.2) is 8.78 Å². The summed E-state index contributed by atoms with van der Waals surface area (Å²) < 4.78 is 28.7. The number of aromatic nitrogens is 2. The number of anilines is 1. The van der Waals surface area contributed by atoms with Crippen molar-refractivity contribution in [2.75, 3.05) is 4.90 Å². The maximum Gasteiger partial charge on any atom is 0.301 e. The molecule has 0 bridgehead atoms. The molecule has 4 aromatic carbocycles. The van der Waals surface area contributed by atoms with Crippen LogP contribution in [0, 0.1) is 18.6 Å². The van der Waals surface area contributed by atoms with E-state index >= 15 is 0 Å². The fourth-order valence-corrected chi connectivity index (χ4v) is 6.67. The van der Waals surface area contributed by atoms with Crippen LogP contribution in [0.2, 0.25) is 0 Å². The molecule has 41 heavy (non-hydrogen) atoms. The third kappa shape index (κ3) is 5.00. The molecule has 2 heterocycles. The Kier molecular flexibility index (Phi) is 7.10. The first-order valence-electron chi connectivity index (χ1n) is 12.6. The molecule has 0 spiro atoms. The molecule has 1 aliphatic heterocycles. The first kappa shape index (κ1) is 26.8. The van der Waals surface area contributed by atoms with Gasteiger partial charge in [0.05, 0.1) is 11.6 Å². The zero-order valence-corrected chi connectivity index (χ0v) is 23.2. The molecular weight excluding hydrogens is 564 g/mol. The van der Waals surface area contributed by atoms with Crippen LogP contribution in [0.4, 0.5) is 13.9 Å². The molecule has 6 rings (SSSR count). The second-order valence-electron chi connectivity index (χ2n) is 9.46. The smallest absolute Gasteiger partial charge is 0.301 e. The molecule has 1 aromatic heterocycles. The lowest BCUT2D eigenvalue weighted by Gasteiger charge is -2.22. The van der Waals surface area contributed by atoms with Crippen molar-refractivity contribution in [2.24, 2.45) is 0 Å². The van der Waals surface area contributed by atoms with E-state index in [1.54, 1.807) is 6.92 Å². The van der Waals surface area contributed by atoms with Crippen molar-refractivity contribution in [3.05, 3.63) is 124 Å². The second kappa shape index (κ2) is 10.9. The fraction of sp³-hybridized carbons (Fsp3) is 0.0968. The predicted octanol–water partition coefficient (Wildman–Crippen LogP) is 7.20. The summed E-state index contributed by atoms with van der Waals surface area (Å²) >= 11 is 2.58. The molecule has 1 fully saturated rings. The number of nitrogens with zero attached hydrogens (tertiary/aromatic N) is 3. The van der Waals surface area contributed by atoms with Crippen LogP contribution in [0.15, 0.2) is 94.8 Å². The van der Waals surface area contributed by atoms with Crippen molar-refractivity contribution >= 4 is 56.5 Å². The Morgan fingerprint density at radius 2 is 1.73 bits per heavy atom. The van der Waals surface area contributed by atoms with E-state index in [2.05, 4.69) is 16.3 Å². The molecule has 1 aliphatic rings. The van der Waals surface area contributed by atoms with Gasteiger partial charge in [0.1, 0.15) is 17.4 Å². The number of benzene rings is 4. The molecule has 0 saturated carbocycles. The first-order valence-corrected chi connectivity index (χ1v) is 14.4. The lowest BCUT2D eigenvalue weighted by Crippen LogP contribution is -2.29. The van der Waals surface area contributed by atoms with Crippen LogP contribution in [0.5, 0.6) is 0 Å². The van der Waals surface area contributed by atoms with Crippen LogP contribution >= 0.6 is 23.1 Å². The Morgan fingerprint density at radius 3 is 2.51 bits per heavy atom. The van der Waals surface area contributed by atoms with Crippen LogP contribution in [-0.4, -0.2) is 27.0 Å². The van der Waals surface area contributed by atoms with Gasteiger partial charge in [-0.15, -0.1) is 10.2 Å². The number of fused-ring (bicyclic) bond motifs is 1. The summed E-state index contributed by atoms with van der Waals surface area (Å²) in [6.07, 6.45) is 0. The number of carbonyl (C=O) groups excluding carboxylic acids is 2. The van der Waals surface area contributed by atoms with E-state index in [9.17, 15) is 23.5 Å². The Balaban J connectivity index is 1.37. The number of hydrogen-bond donors (Lipinski definition) is 1. The van der Waals surface area contributed by atoms with Crippen LogP contribution in [0.25, 0.3) is 16.5 Å². The second-order valence-corrected chi connectivity index (χ2v) is 11.6. The van der Waals surface area contributed by atoms with Crippen LogP contribution in [0.1, 0.15) is 28.3 Å². The molecule has 0 aliphatic carbocycles. The highest BCUT2D eigenvalue weighted by molar-refractivity contribution is 8.00. The maximum absolute atomic E-state index is 14.3. The number of aryl methyl sites for hydroxylation is 1. The molecule has 0 radical (unpaired) electrons. The van der Waals surface area contributed by atoms with E-state index in [1.807, 2.05) is 36.4 Å². The van der Waals surface area contributed by atoms with Crippen molar-refractivity contribution < 1.29 is 23.5 Å². The Bertz CT molecular complexity index is 1850. The van der Waals surface area contributed by atoms with Crippen LogP contribution < -0.4 is 4.90 Å². The minimum atomic E-state index is -1.12. The maximum atomic E-state index is 14.3. The van der Waals surface area contributed by atoms with E-state index in [-0.39, 0.29) is 16.3 Å². The zero-order valence-electron chi connectivity index (χ0n) is 21.5. The third-order valence-electron chi connectivity index (χ3n) is 6.91. The highest BCUT2D eigenvalue weighted by Gasteiger charge is 2.48. The number of hydrogen-bond acceptors (Lipinski definition) is 7. The summed E-state index contributed by atoms with van der Waals surface area (Å²) in [6, 6.07) is 22.3. The van der Waals surface area contributed by atoms with Crippen LogP contribution in [0.3, 0.4) is 0 Å². The molecule has 1 amide bonds. The first-order chi connectivity index (χ1) is 19.8. The van der Waals surface area contributed by atoms with E-state index < -0.39 is 35.1 Å². The lowest BCUT2D eigenvalue weighted by atomic mass is 9.95. The van der Waals surface area contributed by atoms with Gasteiger partial charge in [0.25, 0.3) is 5.78 Å². The summed E-state index contributed by atoms with van der Waals surface area (Å²) in [5.41, 5.74) is 1.65. The van der Waals surface area contributed by atoms with Crippen molar-refractivity contribution in [1.29, 1.82) is 0 Å². The van der Waals surface area contributed by atoms with Gasteiger partial charge in [0.2, 0.25) is 5.13 Å². The van der Waals surface area contributed by atoms with Crippen molar-refractivity contribution in [2.45, 2.75) is 23.1 Å². The molecule has 1 saturated heterocycles. The molecule has 6 nitrogen and oxygen atoms in total. The summed E-state index contributed by atoms with van der Waals surface area (Å²) in [6.45, 7) is 1.57. The van der Waals surface area contributed by atoms with Crippen molar-refractivity contribution in [3.8, 4) is 0 Å². The van der Waals surface area contributed by atoms with Gasteiger partial charge >= 0.3 is 5.91 Å². The largest absolute Gasteiger partial charge is 0.507 e. The van der Waals surface area contributed by atoms with Crippen molar-refractivity contribution in [3.63, 3.8) is 0 Å². The number of Topliss-reactive ketones (excluding diaryl/α,β-unsaturated/α-hetero) is 1. The topological polar surface area (TPSA) is 83.4 Å². The molecule has 1 N–H and O–H groups in total. The Morgan fingerprint density at radius 1 is 0.976 bits per heavy atom. The predicted molar refractivity (Wildman–Crippen MR) is 156 cm³/mol. The monoisotopic (exact) mass is 585 g/mol. The van der Waals surface area contributed by atoms with Crippen LogP contribution in [-0.2, 0) is 15.3 Å². The van der Waals surface area contributed by atoms with Gasteiger partial charge in [0, 0.05) is 11.3 Å². The SMILES string of the molecule is Cc1ccc(/C(O)=C2/C(=O)C(=O)N(c3nnc(SCc4cccc5ccccc45)s3)C2c2ccc(F)cc2)cc1F. The van der Waals surface area contributed by atoms with Gasteiger partial charge in [-0.3, -0.25) is 14.5 Å². The molecule has 204 valence electrons. The van der Waals surface area contributed by atoms with Gasteiger partial charge in [-0.2, -0.15) is 0 Å². The molecule has 1 unspecified atom stereocenters. The molecular formula is C31H21F2N3O3S2. The third-order valence-corrected chi connectivity index (χ3v) is 9.01. The van der Waals surface area contributed by atoms with Crippen molar-refractivity contribution in [1.82, 2.24) is 10.2 Å². The summed E-state index contributed by atoms with van der Waals surface area (Å²) in [7, 11) is 0. The van der Waals surface area contributed by atoms with E-state index in [4.69, 9.17) is 0 Å². The highest BCUT2D eigenvalue weighted by atomic mass is 32.2. The number of aliphatic hydroxyl groups excluding tert-OH is 1. The van der Waals surface area contributed by atoms with Gasteiger partial charge < -0.3 is 5.11 Å². The van der Waals surface area contributed by atoms with Gasteiger partial charge in [-0.05, 0) is 52.6 Å². The normalized spacial score (nSPS) is 16.6. The fourth-order valence-electron chi connectivity index (χ4n) is 4.80. The Labute approximate surface area is 242 Å². The summed E-state index contributed by atoms with van der Waals surface area (Å²) in [4.78, 5) is 27.9. The number of ketones is 1. The van der Waals surface area contributed by atoms with E-state index in [0.29, 0.717) is 21.2 Å². The van der Waals surface area contributed by atoms with Gasteiger partial charge in [0.15, 0.2) is 4.34 Å². The molecule has 1 atom stereocenters.